The van der Waals surface area contributed by atoms with Gasteiger partial charge in [-0.2, -0.15) is 0 Å². The number of hydrogen-bond donors (Lipinski definition) is 0. The van der Waals surface area contributed by atoms with Gasteiger partial charge < -0.3 is 4.74 Å². The van der Waals surface area contributed by atoms with Crippen molar-refractivity contribution in [3.63, 3.8) is 0 Å². The SMILES string of the molecule is CC(C)(C)C1CCC(OCc2ccccc2Br)CC1. The summed E-state index contributed by atoms with van der Waals surface area (Å²) in [6.07, 6.45) is 5.50. The van der Waals surface area contributed by atoms with E-state index in [1.807, 2.05) is 6.07 Å². The maximum atomic E-state index is 6.08. The van der Waals surface area contributed by atoms with Gasteiger partial charge in [0, 0.05) is 4.47 Å². The molecule has 2 rings (SSSR count). The lowest BCUT2D eigenvalue weighted by Gasteiger charge is -2.36. The third-order valence-corrected chi connectivity index (χ3v) is 5.10. The molecule has 1 aliphatic carbocycles. The fourth-order valence-electron chi connectivity index (χ4n) is 2.92. The fraction of sp³-hybridized carbons (Fsp3) is 0.647. The van der Waals surface area contributed by atoms with Gasteiger partial charge in [-0.25, -0.2) is 0 Å². The highest BCUT2D eigenvalue weighted by molar-refractivity contribution is 9.10. The summed E-state index contributed by atoms with van der Waals surface area (Å²) < 4.78 is 7.23. The van der Waals surface area contributed by atoms with Crippen LogP contribution in [0.1, 0.15) is 52.0 Å². The van der Waals surface area contributed by atoms with E-state index in [1.54, 1.807) is 0 Å². The van der Waals surface area contributed by atoms with Crippen molar-refractivity contribution in [2.24, 2.45) is 11.3 Å². The van der Waals surface area contributed by atoms with Crippen LogP contribution < -0.4 is 0 Å². The molecular formula is C17H25BrO. The van der Waals surface area contributed by atoms with Crippen molar-refractivity contribution in [3.8, 4) is 0 Å². The Morgan fingerprint density at radius 2 is 1.74 bits per heavy atom. The Balaban J connectivity index is 1.79. The predicted molar refractivity (Wildman–Crippen MR) is 84.1 cm³/mol. The standard InChI is InChI=1S/C17H25BrO/c1-17(2,3)14-8-10-15(11-9-14)19-12-13-6-4-5-7-16(13)18/h4-7,14-15H,8-12H2,1-3H3. The summed E-state index contributed by atoms with van der Waals surface area (Å²) in [5.41, 5.74) is 1.70. The van der Waals surface area contributed by atoms with Crippen molar-refractivity contribution in [1.29, 1.82) is 0 Å². The highest BCUT2D eigenvalue weighted by atomic mass is 79.9. The zero-order chi connectivity index (χ0) is 13.9. The summed E-state index contributed by atoms with van der Waals surface area (Å²) >= 11 is 3.58. The first kappa shape index (κ1) is 15.1. The van der Waals surface area contributed by atoms with Crippen molar-refractivity contribution < 1.29 is 4.74 Å². The first-order chi connectivity index (χ1) is 8.97. The molecule has 0 unspecified atom stereocenters. The Morgan fingerprint density at radius 3 is 2.32 bits per heavy atom. The van der Waals surface area contributed by atoms with E-state index in [0.29, 0.717) is 11.5 Å². The fourth-order valence-corrected chi connectivity index (χ4v) is 3.32. The van der Waals surface area contributed by atoms with Crippen LogP contribution in [0.3, 0.4) is 0 Å². The largest absolute Gasteiger partial charge is 0.374 e. The van der Waals surface area contributed by atoms with Gasteiger partial charge in [-0.3, -0.25) is 0 Å². The molecule has 0 atom stereocenters. The smallest absolute Gasteiger partial charge is 0.0731 e. The van der Waals surface area contributed by atoms with E-state index in [9.17, 15) is 0 Å². The Morgan fingerprint density at radius 1 is 1.11 bits per heavy atom. The van der Waals surface area contributed by atoms with Crippen LogP contribution >= 0.6 is 15.9 Å². The second-order valence-corrected chi connectivity index (χ2v) is 7.60. The molecule has 19 heavy (non-hydrogen) atoms. The molecule has 0 amide bonds. The van der Waals surface area contributed by atoms with Gasteiger partial charge in [0.05, 0.1) is 12.7 Å². The summed E-state index contributed by atoms with van der Waals surface area (Å²) in [5.74, 6) is 0.857. The first-order valence-corrected chi connectivity index (χ1v) is 8.11. The van der Waals surface area contributed by atoms with Gasteiger partial charge in [0.2, 0.25) is 0 Å². The lowest BCUT2D eigenvalue weighted by Crippen LogP contribution is -2.29. The van der Waals surface area contributed by atoms with Crippen LogP contribution in [0.4, 0.5) is 0 Å². The van der Waals surface area contributed by atoms with E-state index in [0.717, 1.165) is 17.0 Å². The van der Waals surface area contributed by atoms with Crippen LogP contribution in [-0.2, 0) is 11.3 Å². The Bertz CT molecular complexity index is 400. The van der Waals surface area contributed by atoms with Gasteiger partial charge >= 0.3 is 0 Å². The molecule has 0 bridgehead atoms. The molecule has 1 fully saturated rings. The molecule has 1 aliphatic rings. The van der Waals surface area contributed by atoms with Gasteiger partial charge in [-0.15, -0.1) is 0 Å². The molecule has 0 N–H and O–H groups in total. The molecule has 1 nitrogen and oxygen atoms in total. The molecule has 0 saturated heterocycles. The summed E-state index contributed by atoms with van der Waals surface area (Å²) in [5, 5.41) is 0. The molecule has 1 aromatic rings. The van der Waals surface area contributed by atoms with E-state index < -0.39 is 0 Å². The van der Waals surface area contributed by atoms with Crippen molar-refractivity contribution >= 4 is 15.9 Å². The summed E-state index contributed by atoms with van der Waals surface area (Å²) in [7, 11) is 0. The van der Waals surface area contributed by atoms with Crippen LogP contribution in [-0.4, -0.2) is 6.10 Å². The summed E-state index contributed by atoms with van der Waals surface area (Å²) in [6, 6.07) is 8.32. The zero-order valence-electron chi connectivity index (χ0n) is 12.3. The molecule has 1 saturated carbocycles. The lowest BCUT2D eigenvalue weighted by atomic mass is 9.72. The van der Waals surface area contributed by atoms with Gasteiger partial charge in [-0.1, -0.05) is 54.9 Å². The number of rotatable bonds is 3. The van der Waals surface area contributed by atoms with Gasteiger partial charge in [0.15, 0.2) is 0 Å². The summed E-state index contributed by atoms with van der Waals surface area (Å²) in [6.45, 7) is 7.81. The molecule has 1 aromatic carbocycles. The molecule has 0 heterocycles. The van der Waals surface area contributed by atoms with Crippen molar-refractivity contribution in [1.82, 2.24) is 0 Å². The molecule has 0 aromatic heterocycles. The van der Waals surface area contributed by atoms with E-state index in [4.69, 9.17) is 4.74 Å². The molecule has 0 aliphatic heterocycles. The quantitative estimate of drug-likeness (QED) is 0.706. The number of benzene rings is 1. The van der Waals surface area contributed by atoms with E-state index in [-0.39, 0.29) is 0 Å². The third-order valence-electron chi connectivity index (χ3n) is 4.33. The number of halogens is 1. The maximum Gasteiger partial charge on any atom is 0.0731 e. The van der Waals surface area contributed by atoms with Crippen LogP contribution in [0.5, 0.6) is 0 Å². The molecule has 2 heteroatoms. The molecule has 0 spiro atoms. The van der Waals surface area contributed by atoms with Gasteiger partial charge in [0.25, 0.3) is 0 Å². The van der Waals surface area contributed by atoms with Crippen molar-refractivity contribution in [3.05, 3.63) is 34.3 Å². The van der Waals surface area contributed by atoms with Gasteiger partial charge in [0.1, 0.15) is 0 Å². The second kappa shape index (κ2) is 6.41. The van der Waals surface area contributed by atoms with Crippen LogP contribution in [0, 0.1) is 11.3 Å². The predicted octanol–water partition coefficient (Wildman–Crippen LogP) is 5.57. The summed E-state index contributed by atoms with van der Waals surface area (Å²) in [4.78, 5) is 0. The van der Waals surface area contributed by atoms with E-state index in [1.165, 1.54) is 31.2 Å². The average molecular weight is 325 g/mol. The molecule has 106 valence electrons. The minimum absolute atomic E-state index is 0.450. The average Bonchev–Trinajstić information content (AvgIpc) is 2.37. The minimum Gasteiger partial charge on any atom is -0.374 e. The van der Waals surface area contributed by atoms with Crippen molar-refractivity contribution in [2.45, 2.75) is 59.2 Å². The lowest BCUT2D eigenvalue weighted by molar-refractivity contribution is -0.00601. The topological polar surface area (TPSA) is 9.23 Å². The highest BCUT2D eigenvalue weighted by Crippen LogP contribution is 2.38. The van der Waals surface area contributed by atoms with Crippen molar-refractivity contribution in [2.75, 3.05) is 0 Å². The Hall–Kier alpha value is -0.340. The maximum absolute atomic E-state index is 6.08. The van der Waals surface area contributed by atoms with Crippen LogP contribution in [0.25, 0.3) is 0 Å². The molecular weight excluding hydrogens is 300 g/mol. The Labute approximate surface area is 125 Å². The normalized spacial score (nSPS) is 24.4. The zero-order valence-corrected chi connectivity index (χ0v) is 13.9. The third kappa shape index (κ3) is 4.32. The monoisotopic (exact) mass is 324 g/mol. The van der Waals surface area contributed by atoms with Gasteiger partial charge in [-0.05, 0) is 48.6 Å². The second-order valence-electron chi connectivity index (χ2n) is 6.74. The molecule has 0 radical (unpaired) electrons. The number of hydrogen-bond acceptors (Lipinski definition) is 1. The van der Waals surface area contributed by atoms with Crippen LogP contribution in [0.15, 0.2) is 28.7 Å². The Kier molecular flexibility index (Phi) is 5.08. The van der Waals surface area contributed by atoms with E-state index >= 15 is 0 Å². The number of ether oxygens (including phenoxy) is 1. The first-order valence-electron chi connectivity index (χ1n) is 7.32. The minimum atomic E-state index is 0.450. The van der Waals surface area contributed by atoms with E-state index in [2.05, 4.69) is 54.9 Å². The van der Waals surface area contributed by atoms with Crippen LogP contribution in [0.2, 0.25) is 0 Å². The highest BCUT2D eigenvalue weighted by Gasteiger charge is 2.29.